The molecule has 2 aromatic heterocycles. The minimum Gasteiger partial charge on any atom is -0.301 e. The zero-order valence-electron chi connectivity index (χ0n) is 22.0. The molecule has 0 spiro atoms. The first kappa shape index (κ1) is 25.3. The Balaban J connectivity index is 1.06. The van der Waals surface area contributed by atoms with E-state index < -0.39 is 0 Å². The van der Waals surface area contributed by atoms with Crippen molar-refractivity contribution in [1.29, 1.82) is 0 Å². The summed E-state index contributed by atoms with van der Waals surface area (Å²) >= 11 is 0. The van der Waals surface area contributed by atoms with E-state index in [2.05, 4.69) is 34.1 Å². The Morgan fingerprint density at radius 2 is 1.46 bits per heavy atom. The molecule has 0 bridgehead atoms. The van der Waals surface area contributed by atoms with Gasteiger partial charge >= 0.3 is 0 Å². The van der Waals surface area contributed by atoms with Gasteiger partial charge in [-0.1, -0.05) is 54.6 Å². The number of aryl methyl sites for hydroxylation is 1. The monoisotopic (exact) mass is 521 g/mol. The van der Waals surface area contributed by atoms with Crippen LogP contribution in [-0.2, 0) is 19.5 Å². The van der Waals surface area contributed by atoms with E-state index in [9.17, 15) is 9.18 Å². The van der Waals surface area contributed by atoms with Crippen LogP contribution < -0.4 is 5.56 Å². The lowest BCUT2D eigenvalue weighted by molar-refractivity contribution is 0.123. The van der Waals surface area contributed by atoms with Crippen molar-refractivity contribution in [2.24, 2.45) is 0 Å². The lowest BCUT2D eigenvalue weighted by Gasteiger charge is -2.34. The second-order valence-electron chi connectivity index (χ2n) is 10.3. The molecule has 0 aliphatic carbocycles. The Morgan fingerprint density at radius 3 is 2.28 bits per heavy atom. The molecular formula is C32H32FN5O. The molecule has 6 rings (SSSR count). The third-order valence-corrected chi connectivity index (χ3v) is 7.58. The van der Waals surface area contributed by atoms with Crippen LogP contribution in [0.3, 0.4) is 0 Å². The molecular weight excluding hydrogens is 489 g/mol. The molecule has 0 unspecified atom stereocenters. The van der Waals surface area contributed by atoms with Gasteiger partial charge in [0.2, 0.25) is 0 Å². The number of rotatable bonds is 8. The van der Waals surface area contributed by atoms with Gasteiger partial charge in [-0.2, -0.15) is 5.10 Å². The SMILES string of the molecule is O=c1c2ccccc2c(Cc2ccc(F)cc2)nn1CCCN1CCN(Cc2ccc3ccccc3n2)CC1. The van der Waals surface area contributed by atoms with Gasteiger partial charge < -0.3 is 4.90 Å². The van der Waals surface area contributed by atoms with Crippen molar-refractivity contribution < 1.29 is 4.39 Å². The van der Waals surface area contributed by atoms with E-state index in [0.29, 0.717) is 18.4 Å². The smallest absolute Gasteiger partial charge is 0.274 e. The standard InChI is InChI=1S/C32H32FN5O/c33-26-13-10-24(11-14-26)22-31-28-7-2-3-8-29(28)32(39)38(35-31)17-5-16-36-18-20-37(21-19-36)23-27-15-12-25-6-1-4-9-30(25)34-27/h1-4,6-15H,5,16-23H2. The maximum atomic E-state index is 13.4. The molecule has 198 valence electrons. The van der Waals surface area contributed by atoms with Gasteiger partial charge in [-0.25, -0.2) is 9.07 Å². The number of pyridine rings is 1. The number of fused-ring (bicyclic) bond motifs is 2. The van der Waals surface area contributed by atoms with Gasteiger partial charge in [0.1, 0.15) is 5.82 Å². The normalized spacial score (nSPS) is 14.8. The Kier molecular flexibility index (Phi) is 7.43. The summed E-state index contributed by atoms with van der Waals surface area (Å²) in [6.07, 6.45) is 1.41. The van der Waals surface area contributed by atoms with Crippen LogP contribution in [0.1, 0.15) is 23.4 Å². The van der Waals surface area contributed by atoms with Gasteiger partial charge in [0.15, 0.2) is 0 Å². The van der Waals surface area contributed by atoms with Crippen LogP contribution >= 0.6 is 0 Å². The molecule has 3 heterocycles. The summed E-state index contributed by atoms with van der Waals surface area (Å²) in [6, 6.07) is 26.6. The third-order valence-electron chi connectivity index (χ3n) is 7.58. The summed E-state index contributed by atoms with van der Waals surface area (Å²) < 4.78 is 15.0. The quantitative estimate of drug-likeness (QED) is 0.291. The predicted molar refractivity (Wildman–Crippen MR) is 153 cm³/mol. The predicted octanol–water partition coefficient (Wildman–Crippen LogP) is 4.88. The molecule has 1 saturated heterocycles. The van der Waals surface area contributed by atoms with E-state index in [0.717, 1.165) is 73.5 Å². The Morgan fingerprint density at radius 1 is 0.744 bits per heavy atom. The van der Waals surface area contributed by atoms with Gasteiger partial charge in [-0.15, -0.1) is 0 Å². The molecule has 0 saturated carbocycles. The molecule has 5 aromatic rings. The molecule has 39 heavy (non-hydrogen) atoms. The van der Waals surface area contributed by atoms with Crippen molar-refractivity contribution in [2.45, 2.75) is 25.9 Å². The largest absolute Gasteiger partial charge is 0.301 e. The zero-order valence-corrected chi connectivity index (χ0v) is 22.0. The fourth-order valence-electron chi connectivity index (χ4n) is 5.42. The van der Waals surface area contributed by atoms with Crippen LogP contribution in [0.15, 0.2) is 89.7 Å². The van der Waals surface area contributed by atoms with Gasteiger partial charge in [0.25, 0.3) is 5.56 Å². The van der Waals surface area contributed by atoms with Crippen molar-refractivity contribution in [2.75, 3.05) is 32.7 Å². The van der Waals surface area contributed by atoms with Crippen molar-refractivity contribution in [3.05, 3.63) is 118 Å². The third kappa shape index (κ3) is 5.90. The topological polar surface area (TPSA) is 54.3 Å². The van der Waals surface area contributed by atoms with E-state index in [1.54, 1.807) is 16.8 Å². The van der Waals surface area contributed by atoms with E-state index in [1.807, 2.05) is 36.4 Å². The number of hydrogen-bond acceptors (Lipinski definition) is 5. The Hall–Kier alpha value is -3.94. The van der Waals surface area contributed by atoms with E-state index in [1.165, 1.54) is 17.5 Å². The Bertz CT molecular complexity index is 1640. The lowest BCUT2D eigenvalue weighted by atomic mass is 10.0. The average Bonchev–Trinajstić information content (AvgIpc) is 2.97. The summed E-state index contributed by atoms with van der Waals surface area (Å²) in [6.45, 7) is 6.38. The highest BCUT2D eigenvalue weighted by atomic mass is 19.1. The number of benzene rings is 3. The average molecular weight is 522 g/mol. The summed E-state index contributed by atoms with van der Waals surface area (Å²) in [7, 11) is 0. The first-order chi connectivity index (χ1) is 19.1. The molecule has 0 amide bonds. The van der Waals surface area contributed by atoms with Gasteiger partial charge in [-0.05, 0) is 42.3 Å². The molecule has 1 aliphatic heterocycles. The number of nitrogens with zero attached hydrogens (tertiary/aromatic N) is 5. The summed E-state index contributed by atoms with van der Waals surface area (Å²) in [4.78, 5) is 22.9. The van der Waals surface area contributed by atoms with Crippen molar-refractivity contribution in [3.63, 3.8) is 0 Å². The molecule has 0 atom stereocenters. The Labute approximate surface area is 227 Å². The highest BCUT2D eigenvalue weighted by Crippen LogP contribution is 2.18. The van der Waals surface area contributed by atoms with Crippen LogP contribution in [0, 0.1) is 5.82 Å². The van der Waals surface area contributed by atoms with Crippen LogP contribution in [0.5, 0.6) is 0 Å². The van der Waals surface area contributed by atoms with Crippen molar-refractivity contribution in [1.82, 2.24) is 24.6 Å². The molecule has 6 nitrogen and oxygen atoms in total. The van der Waals surface area contributed by atoms with Crippen LogP contribution in [0.4, 0.5) is 4.39 Å². The lowest BCUT2D eigenvalue weighted by Crippen LogP contribution is -2.46. The van der Waals surface area contributed by atoms with Crippen molar-refractivity contribution >= 4 is 21.7 Å². The summed E-state index contributed by atoms with van der Waals surface area (Å²) in [5, 5.41) is 7.47. The molecule has 1 aliphatic rings. The van der Waals surface area contributed by atoms with Gasteiger partial charge in [-0.3, -0.25) is 14.7 Å². The molecule has 3 aromatic carbocycles. The molecule has 7 heteroatoms. The second kappa shape index (κ2) is 11.4. The number of aromatic nitrogens is 3. The summed E-state index contributed by atoms with van der Waals surface area (Å²) in [5.41, 5.74) is 3.91. The fraction of sp³-hybridized carbons (Fsp3) is 0.281. The van der Waals surface area contributed by atoms with Crippen molar-refractivity contribution in [3.8, 4) is 0 Å². The number of hydrogen-bond donors (Lipinski definition) is 0. The van der Waals surface area contributed by atoms with Crippen LogP contribution in [0.2, 0.25) is 0 Å². The number of para-hydroxylation sites is 1. The zero-order chi connectivity index (χ0) is 26.6. The summed E-state index contributed by atoms with van der Waals surface area (Å²) in [5.74, 6) is -0.257. The minimum atomic E-state index is -0.257. The van der Waals surface area contributed by atoms with E-state index in [4.69, 9.17) is 10.1 Å². The van der Waals surface area contributed by atoms with Crippen LogP contribution in [-0.4, -0.2) is 57.3 Å². The number of piperazine rings is 1. The highest BCUT2D eigenvalue weighted by Gasteiger charge is 2.18. The molecule has 0 radical (unpaired) electrons. The molecule has 0 N–H and O–H groups in total. The minimum absolute atomic E-state index is 0.0545. The highest BCUT2D eigenvalue weighted by molar-refractivity contribution is 5.83. The first-order valence-corrected chi connectivity index (χ1v) is 13.6. The second-order valence-corrected chi connectivity index (χ2v) is 10.3. The first-order valence-electron chi connectivity index (χ1n) is 13.6. The van der Waals surface area contributed by atoms with Gasteiger partial charge in [0.05, 0.1) is 22.3 Å². The maximum absolute atomic E-state index is 13.4. The van der Waals surface area contributed by atoms with Crippen LogP contribution in [0.25, 0.3) is 21.7 Å². The number of halogens is 1. The fourth-order valence-corrected chi connectivity index (χ4v) is 5.42. The van der Waals surface area contributed by atoms with E-state index >= 15 is 0 Å². The maximum Gasteiger partial charge on any atom is 0.274 e. The van der Waals surface area contributed by atoms with E-state index in [-0.39, 0.29) is 11.4 Å². The molecule has 1 fully saturated rings. The van der Waals surface area contributed by atoms with Gasteiger partial charge in [0, 0.05) is 63.0 Å².